The SMILES string of the molecule is CC/C=C\C/C=C\C/C=C\C/C=C\CCCCCCC(=O)OCC(COCCCCCCCCCCCCCC)OC(=O)CCCCCCC/C=C\C/C=C\CCCCC. The first kappa shape index (κ1) is 57.3. The monoisotopic (exact) mass is 837 g/mol. The zero-order chi connectivity index (χ0) is 43.5. The van der Waals surface area contributed by atoms with E-state index < -0.39 is 6.10 Å². The normalized spacial score (nSPS) is 12.8. The van der Waals surface area contributed by atoms with Gasteiger partial charge in [0, 0.05) is 19.4 Å². The van der Waals surface area contributed by atoms with E-state index in [9.17, 15) is 9.59 Å². The van der Waals surface area contributed by atoms with E-state index in [1.807, 2.05) is 0 Å². The van der Waals surface area contributed by atoms with E-state index in [0.29, 0.717) is 19.4 Å². The molecule has 0 aliphatic heterocycles. The number of carbonyl (C=O) groups excluding carboxylic acids is 2. The lowest BCUT2D eigenvalue weighted by Gasteiger charge is -2.18. The molecule has 1 unspecified atom stereocenters. The zero-order valence-corrected chi connectivity index (χ0v) is 39.7. The van der Waals surface area contributed by atoms with Gasteiger partial charge in [-0.15, -0.1) is 0 Å². The van der Waals surface area contributed by atoms with Gasteiger partial charge in [-0.05, 0) is 89.9 Å². The molecule has 60 heavy (non-hydrogen) atoms. The summed E-state index contributed by atoms with van der Waals surface area (Å²) < 4.78 is 17.4. The van der Waals surface area contributed by atoms with Crippen molar-refractivity contribution in [3.63, 3.8) is 0 Å². The molecule has 0 amide bonds. The second-order valence-corrected chi connectivity index (χ2v) is 16.7. The van der Waals surface area contributed by atoms with Crippen molar-refractivity contribution >= 4 is 11.9 Å². The van der Waals surface area contributed by atoms with Gasteiger partial charge in [0.15, 0.2) is 6.10 Å². The zero-order valence-electron chi connectivity index (χ0n) is 39.7. The fraction of sp³-hybridized carbons (Fsp3) is 0.745. The highest BCUT2D eigenvalue weighted by molar-refractivity contribution is 5.70. The van der Waals surface area contributed by atoms with Gasteiger partial charge in [-0.1, -0.05) is 209 Å². The molecule has 0 heterocycles. The van der Waals surface area contributed by atoms with Crippen LogP contribution in [0, 0.1) is 0 Å². The highest BCUT2D eigenvalue weighted by Gasteiger charge is 2.17. The van der Waals surface area contributed by atoms with Gasteiger partial charge < -0.3 is 14.2 Å². The fourth-order valence-electron chi connectivity index (χ4n) is 6.94. The average Bonchev–Trinajstić information content (AvgIpc) is 3.25. The minimum atomic E-state index is -0.553. The molecule has 1 atom stereocenters. The smallest absolute Gasteiger partial charge is 0.306 e. The van der Waals surface area contributed by atoms with Crippen LogP contribution in [0.1, 0.15) is 239 Å². The number of rotatable bonds is 46. The Bertz CT molecular complexity index is 1080. The second-order valence-electron chi connectivity index (χ2n) is 16.7. The molecule has 0 rings (SSSR count). The van der Waals surface area contributed by atoms with Gasteiger partial charge in [-0.25, -0.2) is 0 Å². The Morgan fingerprint density at radius 3 is 1.23 bits per heavy atom. The first-order chi connectivity index (χ1) is 29.6. The van der Waals surface area contributed by atoms with E-state index in [-0.39, 0.29) is 25.2 Å². The molecule has 0 bridgehead atoms. The Kier molecular flexibility index (Phi) is 48.4. The van der Waals surface area contributed by atoms with Crippen LogP contribution in [0.25, 0.3) is 0 Å². The van der Waals surface area contributed by atoms with E-state index in [0.717, 1.165) is 103 Å². The maximum absolute atomic E-state index is 12.8. The predicted molar refractivity (Wildman–Crippen MR) is 260 cm³/mol. The number of ether oxygens (including phenoxy) is 3. The van der Waals surface area contributed by atoms with Crippen LogP contribution in [0.5, 0.6) is 0 Å². The molecule has 0 aromatic carbocycles. The molecule has 0 fully saturated rings. The summed E-state index contributed by atoms with van der Waals surface area (Å²) in [5, 5.41) is 0. The highest BCUT2D eigenvalue weighted by atomic mass is 16.6. The summed E-state index contributed by atoms with van der Waals surface area (Å²) in [6.07, 6.45) is 64.7. The standard InChI is InChI=1S/C55H96O5/c1-4-7-10-13-16-19-22-25-27-28-30-31-33-36-39-42-45-48-54(56)59-52-53(51-58-50-47-44-41-38-35-24-21-18-15-12-9-6-3)60-55(57)49-46-43-40-37-34-32-29-26-23-20-17-14-11-8-5-2/h7,10,16-17,19-20,25-27,29-31,53H,4-6,8-9,11-15,18,21-24,28,32-52H2,1-3H3/b10-7-,19-16-,20-17-,27-25-,29-26-,31-30-. The first-order valence-electron chi connectivity index (χ1n) is 25.5. The van der Waals surface area contributed by atoms with Crippen LogP contribution in [0.3, 0.4) is 0 Å². The molecule has 0 N–H and O–H groups in total. The minimum Gasteiger partial charge on any atom is -0.462 e. The number of carbonyl (C=O) groups is 2. The summed E-state index contributed by atoms with van der Waals surface area (Å²) >= 11 is 0. The number of allylic oxidation sites excluding steroid dienone is 12. The summed E-state index contributed by atoms with van der Waals surface area (Å²) in [6, 6.07) is 0. The molecule has 0 aromatic rings. The minimum absolute atomic E-state index is 0.0665. The van der Waals surface area contributed by atoms with Crippen LogP contribution >= 0.6 is 0 Å². The fourth-order valence-corrected chi connectivity index (χ4v) is 6.94. The molecule has 0 saturated carbocycles. The van der Waals surface area contributed by atoms with Crippen molar-refractivity contribution in [1.82, 2.24) is 0 Å². The number of unbranched alkanes of at least 4 members (excludes halogenated alkanes) is 23. The Balaban J connectivity index is 4.32. The number of esters is 2. The third-order valence-corrected chi connectivity index (χ3v) is 10.7. The molecular weight excluding hydrogens is 741 g/mol. The van der Waals surface area contributed by atoms with E-state index in [4.69, 9.17) is 14.2 Å². The molecule has 0 aliphatic carbocycles. The van der Waals surface area contributed by atoms with Gasteiger partial charge in [-0.2, -0.15) is 0 Å². The van der Waals surface area contributed by atoms with Gasteiger partial charge in [0.25, 0.3) is 0 Å². The molecular formula is C55H96O5. The van der Waals surface area contributed by atoms with Gasteiger partial charge in [0.2, 0.25) is 0 Å². The van der Waals surface area contributed by atoms with Crippen LogP contribution in [-0.2, 0) is 23.8 Å². The van der Waals surface area contributed by atoms with Crippen LogP contribution in [0.15, 0.2) is 72.9 Å². The van der Waals surface area contributed by atoms with Crippen molar-refractivity contribution in [1.29, 1.82) is 0 Å². The quantitative estimate of drug-likeness (QED) is 0.0347. The van der Waals surface area contributed by atoms with Crippen LogP contribution < -0.4 is 0 Å². The van der Waals surface area contributed by atoms with Crippen LogP contribution in [-0.4, -0.2) is 37.9 Å². The third-order valence-electron chi connectivity index (χ3n) is 10.7. The van der Waals surface area contributed by atoms with Crippen molar-refractivity contribution in [2.75, 3.05) is 19.8 Å². The van der Waals surface area contributed by atoms with Crippen molar-refractivity contribution < 1.29 is 23.8 Å². The van der Waals surface area contributed by atoms with Crippen LogP contribution in [0.4, 0.5) is 0 Å². The maximum Gasteiger partial charge on any atom is 0.306 e. The Hall–Kier alpha value is -2.66. The topological polar surface area (TPSA) is 61.8 Å². The lowest BCUT2D eigenvalue weighted by molar-refractivity contribution is -0.163. The van der Waals surface area contributed by atoms with E-state index in [1.165, 1.54) is 103 Å². The van der Waals surface area contributed by atoms with Gasteiger partial charge in [-0.3, -0.25) is 9.59 Å². The van der Waals surface area contributed by atoms with Crippen LogP contribution in [0.2, 0.25) is 0 Å². The maximum atomic E-state index is 12.8. The van der Waals surface area contributed by atoms with Crippen molar-refractivity contribution in [3.05, 3.63) is 72.9 Å². The van der Waals surface area contributed by atoms with E-state index in [2.05, 4.69) is 93.7 Å². The lowest BCUT2D eigenvalue weighted by Crippen LogP contribution is -2.30. The summed E-state index contributed by atoms with van der Waals surface area (Å²) in [6.45, 7) is 7.66. The Morgan fingerprint density at radius 2 is 0.750 bits per heavy atom. The summed E-state index contributed by atoms with van der Waals surface area (Å²) in [7, 11) is 0. The molecule has 0 aliphatic rings. The highest BCUT2D eigenvalue weighted by Crippen LogP contribution is 2.14. The molecule has 0 spiro atoms. The third kappa shape index (κ3) is 48.0. The van der Waals surface area contributed by atoms with Gasteiger partial charge in [0.05, 0.1) is 6.61 Å². The second kappa shape index (κ2) is 50.7. The van der Waals surface area contributed by atoms with E-state index >= 15 is 0 Å². The molecule has 5 nitrogen and oxygen atoms in total. The molecule has 0 aromatic heterocycles. The van der Waals surface area contributed by atoms with E-state index in [1.54, 1.807) is 0 Å². The number of hydrogen-bond acceptors (Lipinski definition) is 5. The summed E-state index contributed by atoms with van der Waals surface area (Å²) in [5.41, 5.74) is 0. The van der Waals surface area contributed by atoms with Crippen molar-refractivity contribution in [2.45, 2.75) is 245 Å². The average molecular weight is 837 g/mol. The van der Waals surface area contributed by atoms with Gasteiger partial charge >= 0.3 is 11.9 Å². The molecule has 5 heteroatoms. The largest absolute Gasteiger partial charge is 0.462 e. The Labute approximate surface area is 372 Å². The van der Waals surface area contributed by atoms with Crippen molar-refractivity contribution in [3.8, 4) is 0 Å². The summed E-state index contributed by atoms with van der Waals surface area (Å²) in [4.78, 5) is 25.4. The van der Waals surface area contributed by atoms with Gasteiger partial charge in [0.1, 0.15) is 6.61 Å². The lowest BCUT2D eigenvalue weighted by atomic mass is 10.1. The summed E-state index contributed by atoms with van der Waals surface area (Å²) in [5.74, 6) is -0.436. The molecule has 0 radical (unpaired) electrons. The molecule has 346 valence electrons. The number of hydrogen-bond donors (Lipinski definition) is 0. The predicted octanol–water partition coefficient (Wildman–Crippen LogP) is 17.1. The Morgan fingerprint density at radius 1 is 0.383 bits per heavy atom. The first-order valence-corrected chi connectivity index (χ1v) is 25.5. The molecule has 0 saturated heterocycles. The van der Waals surface area contributed by atoms with Crippen molar-refractivity contribution in [2.24, 2.45) is 0 Å².